The van der Waals surface area contributed by atoms with Crippen LogP contribution < -0.4 is 4.90 Å². The molecule has 1 aromatic carbocycles. The van der Waals surface area contributed by atoms with Crippen LogP contribution in [-0.2, 0) is 9.59 Å². The van der Waals surface area contributed by atoms with Gasteiger partial charge >= 0.3 is 5.97 Å². The number of rotatable bonds is 3. The highest BCUT2D eigenvalue weighted by molar-refractivity contribution is 5.97. The zero-order valence-electron chi connectivity index (χ0n) is 10.8. The predicted molar refractivity (Wildman–Crippen MR) is 72.8 cm³/mol. The Hall–Kier alpha value is -2.10. The Morgan fingerprint density at radius 2 is 1.68 bits per heavy atom. The maximum atomic E-state index is 12.4. The van der Waals surface area contributed by atoms with E-state index in [-0.39, 0.29) is 5.91 Å². The summed E-state index contributed by atoms with van der Waals surface area (Å²) >= 11 is 0. The smallest absolute Gasteiger partial charge is 0.307 e. The van der Waals surface area contributed by atoms with Gasteiger partial charge in [-0.25, -0.2) is 0 Å². The van der Waals surface area contributed by atoms with Gasteiger partial charge in [-0.1, -0.05) is 30.4 Å². The minimum atomic E-state index is -0.899. The molecule has 0 aliphatic heterocycles. The summed E-state index contributed by atoms with van der Waals surface area (Å²) in [4.78, 5) is 25.2. The molecule has 0 bridgehead atoms. The Kier molecular flexibility index (Phi) is 4.00. The number of anilines is 1. The van der Waals surface area contributed by atoms with Crippen molar-refractivity contribution in [2.24, 2.45) is 11.8 Å². The number of aliphatic carboxylic acids is 1. The molecule has 0 saturated heterocycles. The Bertz CT molecular complexity index is 495. The second-order valence-electron chi connectivity index (χ2n) is 4.73. The van der Waals surface area contributed by atoms with Crippen molar-refractivity contribution >= 4 is 17.6 Å². The van der Waals surface area contributed by atoms with E-state index in [1.807, 2.05) is 42.5 Å². The first-order valence-electron chi connectivity index (χ1n) is 6.31. The number of carbonyl (C=O) groups excluding carboxylic acids is 1. The van der Waals surface area contributed by atoms with Crippen molar-refractivity contribution in [3.63, 3.8) is 0 Å². The first-order valence-corrected chi connectivity index (χ1v) is 6.31. The first kappa shape index (κ1) is 13.3. The van der Waals surface area contributed by atoms with E-state index < -0.39 is 17.8 Å². The minimum absolute atomic E-state index is 0.136. The molecule has 2 atom stereocenters. The molecule has 0 radical (unpaired) electrons. The fraction of sp³-hybridized carbons (Fsp3) is 0.333. The molecular weight excluding hydrogens is 242 g/mol. The van der Waals surface area contributed by atoms with Crippen LogP contribution in [0.15, 0.2) is 42.5 Å². The van der Waals surface area contributed by atoms with E-state index in [4.69, 9.17) is 0 Å². The summed E-state index contributed by atoms with van der Waals surface area (Å²) in [5.74, 6) is -2.14. The van der Waals surface area contributed by atoms with Crippen LogP contribution in [0.5, 0.6) is 0 Å². The number of benzene rings is 1. The van der Waals surface area contributed by atoms with Crippen molar-refractivity contribution in [2.75, 3.05) is 11.9 Å². The maximum Gasteiger partial charge on any atom is 0.307 e. The Morgan fingerprint density at radius 3 is 2.26 bits per heavy atom. The van der Waals surface area contributed by atoms with Crippen molar-refractivity contribution in [2.45, 2.75) is 12.8 Å². The van der Waals surface area contributed by atoms with Crippen molar-refractivity contribution in [3.8, 4) is 0 Å². The molecule has 0 spiro atoms. The van der Waals surface area contributed by atoms with Crippen LogP contribution in [0.25, 0.3) is 0 Å². The third-order valence-corrected chi connectivity index (χ3v) is 3.54. The number of hydrogen-bond acceptors (Lipinski definition) is 2. The molecule has 2 rings (SSSR count). The standard InChI is InChI=1S/C15H17NO3/c1-16(11-7-3-2-4-8-11)14(17)12-9-5-6-10-13(12)15(18)19/h2-8,12-13H,9-10H2,1H3,(H,18,19)/t12-,13+/m1/s1. The third-order valence-electron chi connectivity index (χ3n) is 3.54. The van der Waals surface area contributed by atoms with E-state index >= 15 is 0 Å². The second kappa shape index (κ2) is 5.69. The SMILES string of the molecule is CN(C(=O)[C@@H]1CC=CC[C@@H]1C(=O)O)c1ccccc1. The lowest BCUT2D eigenvalue weighted by molar-refractivity contribution is -0.146. The molecule has 1 aromatic rings. The van der Waals surface area contributed by atoms with Crippen LogP contribution in [0.3, 0.4) is 0 Å². The van der Waals surface area contributed by atoms with Gasteiger partial charge in [-0.15, -0.1) is 0 Å². The Balaban J connectivity index is 2.18. The van der Waals surface area contributed by atoms with E-state index in [0.717, 1.165) is 5.69 Å². The number of amides is 1. The largest absolute Gasteiger partial charge is 0.481 e. The highest BCUT2D eigenvalue weighted by atomic mass is 16.4. The minimum Gasteiger partial charge on any atom is -0.481 e. The number of nitrogens with zero attached hydrogens (tertiary/aromatic N) is 1. The lowest BCUT2D eigenvalue weighted by Crippen LogP contribution is -2.40. The molecule has 0 heterocycles. The zero-order chi connectivity index (χ0) is 13.8. The van der Waals surface area contributed by atoms with Crippen LogP contribution in [0.2, 0.25) is 0 Å². The molecule has 0 aromatic heterocycles. The number of para-hydroxylation sites is 1. The van der Waals surface area contributed by atoms with Gasteiger partial charge in [0, 0.05) is 12.7 Å². The highest BCUT2D eigenvalue weighted by Gasteiger charge is 2.35. The lowest BCUT2D eigenvalue weighted by atomic mass is 9.82. The summed E-state index contributed by atoms with van der Waals surface area (Å²) in [6.45, 7) is 0. The van der Waals surface area contributed by atoms with E-state index in [2.05, 4.69) is 0 Å². The number of hydrogen-bond donors (Lipinski definition) is 1. The highest BCUT2D eigenvalue weighted by Crippen LogP contribution is 2.28. The quantitative estimate of drug-likeness (QED) is 0.847. The molecule has 0 saturated carbocycles. The maximum absolute atomic E-state index is 12.4. The monoisotopic (exact) mass is 259 g/mol. The summed E-state index contributed by atoms with van der Waals surface area (Å²) in [7, 11) is 1.69. The molecule has 1 amide bonds. The van der Waals surface area contributed by atoms with Gasteiger partial charge in [0.15, 0.2) is 0 Å². The molecular formula is C15H17NO3. The van der Waals surface area contributed by atoms with E-state index in [0.29, 0.717) is 12.8 Å². The Labute approximate surface area is 112 Å². The second-order valence-corrected chi connectivity index (χ2v) is 4.73. The van der Waals surface area contributed by atoms with Crippen LogP contribution in [0, 0.1) is 11.8 Å². The predicted octanol–water partition coefficient (Wildman–Crippen LogP) is 2.32. The van der Waals surface area contributed by atoms with Crippen LogP contribution in [-0.4, -0.2) is 24.0 Å². The van der Waals surface area contributed by atoms with Crippen molar-refractivity contribution in [1.82, 2.24) is 0 Å². The molecule has 1 aliphatic carbocycles. The zero-order valence-corrected chi connectivity index (χ0v) is 10.8. The summed E-state index contributed by atoms with van der Waals surface area (Å²) in [5, 5.41) is 9.21. The first-order chi connectivity index (χ1) is 9.11. The number of carboxylic acid groups (broad SMARTS) is 1. The van der Waals surface area contributed by atoms with Crippen molar-refractivity contribution < 1.29 is 14.7 Å². The van der Waals surface area contributed by atoms with Gasteiger partial charge in [-0.3, -0.25) is 9.59 Å². The Morgan fingerprint density at radius 1 is 1.11 bits per heavy atom. The van der Waals surface area contributed by atoms with Gasteiger partial charge in [0.05, 0.1) is 11.8 Å². The third kappa shape index (κ3) is 2.84. The van der Waals surface area contributed by atoms with Gasteiger partial charge in [-0.2, -0.15) is 0 Å². The molecule has 0 fully saturated rings. The van der Waals surface area contributed by atoms with Crippen LogP contribution >= 0.6 is 0 Å². The molecule has 100 valence electrons. The average Bonchev–Trinajstić information content (AvgIpc) is 2.46. The van der Waals surface area contributed by atoms with Crippen molar-refractivity contribution in [1.29, 1.82) is 0 Å². The van der Waals surface area contributed by atoms with E-state index in [1.165, 1.54) is 0 Å². The summed E-state index contributed by atoms with van der Waals surface area (Å²) in [6.07, 6.45) is 4.65. The normalized spacial score (nSPS) is 21.9. The average molecular weight is 259 g/mol. The molecule has 4 heteroatoms. The fourth-order valence-electron chi connectivity index (χ4n) is 2.39. The van der Waals surface area contributed by atoms with Gasteiger partial charge < -0.3 is 10.0 Å². The number of carboxylic acids is 1. The molecule has 1 aliphatic rings. The molecule has 4 nitrogen and oxygen atoms in total. The lowest BCUT2D eigenvalue weighted by Gasteiger charge is -2.28. The van der Waals surface area contributed by atoms with Crippen LogP contribution in [0.1, 0.15) is 12.8 Å². The summed E-state index contributed by atoms with van der Waals surface area (Å²) in [5.41, 5.74) is 0.784. The van der Waals surface area contributed by atoms with Gasteiger partial charge in [0.25, 0.3) is 0 Å². The molecule has 0 unspecified atom stereocenters. The molecule has 19 heavy (non-hydrogen) atoms. The fourth-order valence-corrected chi connectivity index (χ4v) is 2.39. The van der Waals surface area contributed by atoms with Gasteiger partial charge in [0.1, 0.15) is 0 Å². The topological polar surface area (TPSA) is 57.6 Å². The summed E-state index contributed by atoms with van der Waals surface area (Å²) in [6, 6.07) is 9.27. The number of allylic oxidation sites excluding steroid dienone is 2. The van der Waals surface area contributed by atoms with Crippen molar-refractivity contribution in [3.05, 3.63) is 42.5 Å². The van der Waals surface area contributed by atoms with Gasteiger partial charge in [0.2, 0.25) is 5.91 Å². The van der Waals surface area contributed by atoms with E-state index in [1.54, 1.807) is 11.9 Å². The summed E-state index contributed by atoms with van der Waals surface area (Å²) < 4.78 is 0. The van der Waals surface area contributed by atoms with E-state index in [9.17, 15) is 14.7 Å². The number of carbonyl (C=O) groups is 2. The van der Waals surface area contributed by atoms with Gasteiger partial charge in [-0.05, 0) is 25.0 Å². The van der Waals surface area contributed by atoms with Crippen LogP contribution in [0.4, 0.5) is 5.69 Å². The molecule has 1 N–H and O–H groups in total.